The highest BCUT2D eigenvalue weighted by atomic mass is 35.5. The fourth-order valence-electron chi connectivity index (χ4n) is 1.18. The van der Waals surface area contributed by atoms with Gasteiger partial charge in [-0.05, 0) is 18.2 Å². The molecule has 0 fully saturated rings. The van der Waals surface area contributed by atoms with Gasteiger partial charge in [-0.15, -0.1) is 24.0 Å². The summed E-state index contributed by atoms with van der Waals surface area (Å²) in [7, 11) is 0. The van der Waals surface area contributed by atoms with E-state index in [-0.39, 0.29) is 0 Å². The molecule has 4 heteroatoms. The lowest BCUT2D eigenvalue weighted by molar-refractivity contribution is 0.112. The molecular weight excluding hydrogens is 224 g/mol. The Kier molecular flexibility index (Phi) is 2.32. The third kappa shape index (κ3) is 1.47. The van der Waals surface area contributed by atoms with Crippen LogP contribution >= 0.6 is 35.6 Å². The molecule has 0 N–H and O–H groups in total. The van der Waals surface area contributed by atoms with Crippen LogP contribution in [0.15, 0.2) is 23.1 Å². The lowest BCUT2D eigenvalue weighted by Gasteiger charge is -1.97. The van der Waals surface area contributed by atoms with E-state index < -0.39 is 0 Å². The molecule has 0 amide bonds. The average molecular weight is 229 g/mol. The van der Waals surface area contributed by atoms with Crippen molar-refractivity contribution in [2.45, 2.75) is 4.90 Å². The van der Waals surface area contributed by atoms with Crippen LogP contribution in [0.5, 0.6) is 0 Å². The van der Waals surface area contributed by atoms with Crippen LogP contribution in [0.2, 0.25) is 4.34 Å². The number of benzene rings is 1. The van der Waals surface area contributed by atoms with Crippen molar-refractivity contribution in [3.63, 3.8) is 0 Å². The summed E-state index contributed by atoms with van der Waals surface area (Å²) in [5.74, 6) is 0. The van der Waals surface area contributed by atoms with Gasteiger partial charge in [-0.1, -0.05) is 11.6 Å². The molecule has 0 saturated carbocycles. The Labute approximate surface area is 89.7 Å². The number of thiol groups is 1. The fourth-order valence-corrected chi connectivity index (χ4v) is 2.72. The molecule has 0 aliphatic rings. The first-order valence-electron chi connectivity index (χ1n) is 3.58. The summed E-state index contributed by atoms with van der Waals surface area (Å²) in [5.41, 5.74) is 0.602. The Balaban J connectivity index is 2.85. The molecule has 2 rings (SSSR count). The molecule has 0 atom stereocenters. The maximum absolute atomic E-state index is 10.6. The minimum absolute atomic E-state index is 0.602. The molecule has 66 valence electrons. The number of hydrogen-bond acceptors (Lipinski definition) is 3. The van der Waals surface area contributed by atoms with Crippen molar-refractivity contribution >= 4 is 51.9 Å². The zero-order chi connectivity index (χ0) is 9.42. The van der Waals surface area contributed by atoms with Gasteiger partial charge in [0.25, 0.3) is 0 Å². The van der Waals surface area contributed by atoms with Gasteiger partial charge < -0.3 is 0 Å². The number of fused-ring (bicyclic) bond motifs is 1. The lowest BCUT2D eigenvalue weighted by atomic mass is 10.2. The predicted molar refractivity (Wildman–Crippen MR) is 59.5 cm³/mol. The van der Waals surface area contributed by atoms with Gasteiger partial charge in [0.1, 0.15) is 0 Å². The molecule has 1 aromatic carbocycles. The van der Waals surface area contributed by atoms with Gasteiger partial charge in [0.2, 0.25) is 0 Å². The third-order valence-electron chi connectivity index (χ3n) is 1.80. The van der Waals surface area contributed by atoms with Crippen molar-refractivity contribution < 1.29 is 4.79 Å². The van der Waals surface area contributed by atoms with Gasteiger partial charge in [0.05, 0.1) is 4.34 Å². The van der Waals surface area contributed by atoms with Gasteiger partial charge in [-0.3, -0.25) is 4.79 Å². The maximum Gasteiger partial charge on any atom is 0.151 e. The summed E-state index contributed by atoms with van der Waals surface area (Å²) in [5, 5.41) is 0.947. The highest BCUT2D eigenvalue weighted by Crippen LogP contribution is 2.34. The highest BCUT2D eigenvalue weighted by Gasteiger charge is 2.06. The van der Waals surface area contributed by atoms with E-state index >= 15 is 0 Å². The Morgan fingerprint density at radius 3 is 2.92 bits per heavy atom. The van der Waals surface area contributed by atoms with Crippen LogP contribution in [0, 0.1) is 0 Å². The van der Waals surface area contributed by atoms with E-state index in [2.05, 4.69) is 12.6 Å². The lowest BCUT2D eigenvalue weighted by Crippen LogP contribution is -1.81. The first-order chi connectivity index (χ1) is 6.22. The summed E-state index contributed by atoms with van der Waals surface area (Å²) < 4.78 is 1.77. The van der Waals surface area contributed by atoms with Crippen LogP contribution in [0.1, 0.15) is 10.4 Å². The van der Waals surface area contributed by atoms with Crippen LogP contribution in [0.25, 0.3) is 10.1 Å². The Bertz CT molecular complexity index is 476. The molecule has 1 aromatic heterocycles. The molecule has 0 spiro atoms. The summed E-state index contributed by atoms with van der Waals surface area (Å²) in [4.78, 5) is 11.3. The van der Waals surface area contributed by atoms with Crippen molar-refractivity contribution in [3.8, 4) is 0 Å². The molecule has 0 aliphatic carbocycles. The number of carbonyl (C=O) groups is 1. The Morgan fingerprint density at radius 2 is 2.23 bits per heavy atom. The summed E-state index contributed by atoms with van der Waals surface area (Å²) in [6.07, 6.45) is 0.799. The molecule has 13 heavy (non-hydrogen) atoms. The fraction of sp³-hybridized carbons (Fsp3) is 0. The van der Waals surface area contributed by atoms with Gasteiger partial charge in [-0.25, -0.2) is 0 Å². The third-order valence-corrected chi connectivity index (χ3v) is 3.53. The van der Waals surface area contributed by atoms with Crippen LogP contribution in [-0.4, -0.2) is 6.29 Å². The second-order valence-electron chi connectivity index (χ2n) is 2.58. The van der Waals surface area contributed by atoms with E-state index in [1.54, 1.807) is 6.07 Å². The van der Waals surface area contributed by atoms with Gasteiger partial charge >= 0.3 is 0 Å². The zero-order valence-electron chi connectivity index (χ0n) is 6.45. The first kappa shape index (κ1) is 9.06. The minimum atomic E-state index is 0.602. The quantitative estimate of drug-likeness (QED) is 0.582. The minimum Gasteiger partial charge on any atom is -0.298 e. The van der Waals surface area contributed by atoms with Crippen LogP contribution in [-0.2, 0) is 0 Å². The van der Waals surface area contributed by atoms with E-state index in [1.807, 2.05) is 12.1 Å². The SMILES string of the molecule is O=Cc1ccc2sc(Cl)cc2c1S. The number of hydrogen-bond donors (Lipinski definition) is 1. The molecular formula is C9H5ClOS2. The molecule has 0 radical (unpaired) electrons. The van der Waals surface area contributed by atoms with Crippen molar-refractivity contribution in [2.24, 2.45) is 0 Å². The predicted octanol–water partition coefficient (Wildman–Crippen LogP) is 3.66. The van der Waals surface area contributed by atoms with Crippen LogP contribution < -0.4 is 0 Å². The standard InChI is InChI=1S/C9H5ClOS2/c10-8-3-6-7(13-8)2-1-5(4-11)9(6)12/h1-4,12H. The molecule has 2 aromatic rings. The normalized spacial score (nSPS) is 10.6. The monoisotopic (exact) mass is 228 g/mol. The summed E-state index contributed by atoms with van der Waals surface area (Å²) in [6, 6.07) is 5.47. The summed E-state index contributed by atoms with van der Waals surface area (Å²) in [6.45, 7) is 0. The van der Waals surface area contributed by atoms with Crippen molar-refractivity contribution in [1.82, 2.24) is 0 Å². The smallest absolute Gasteiger partial charge is 0.151 e. The molecule has 0 aliphatic heterocycles. The molecule has 1 heterocycles. The van der Waals surface area contributed by atoms with E-state index in [9.17, 15) is 4.79 Å². The molecule has 0 unspecified atom stereocenters. The van der Waals surface area contributed by atoms with Gasteiger partial charge in [-0.2, -0.15) is 0 Å². The Hall–Kier alpha value is -0.510. The van der Waals surface area contributed by atoms with Gasteiger partial charge in [0.15, 0.2) is 6.29 Å². The van der Waals surface area contributed by atoms with Crippen molar-refractivity contribution in [1.29, 1.82) is 0 Å². The first-order valence-corrected chi connectivity index (χ1v) is 5.22. The Morgan fingerprint density at radius 1 is 1.46 bits per heavy atom. The van der Waals surface area contributed by atoms with E-state index in [0.29, 0.717) is 14.8 Å². The van der Waals surface area contributed by atoms with Crippen molar-refractivity contribution in [3.05, 3.63) is 28.1 Å². The number of rotatable bonds is 1. The van der Waals surface area contributed by atoms with E-state index in [4.69, 9.17) is 11.6 Å². The largest absolute Gasteiger partial charge is 0.298 e. The second-order valence-corrected chi connectivity index (χ2v) is 4.75. The topological polar surface area (TPSA) is 17.1 Å². The number of halogens is 1. The molecule has 0 bridgehead atoms. The van der Waals surface area contributed by atoms with Crippen LogP contribution in [0.3, 0.4) is 0 Å². The number of carbonyl (C=O) groups excluding carboxylic acids is 1. The highest BCUT2D eigenvalue weighted by molar-refractivity contribution is 7.80. The molecule has 1 nitrogen and oxygen atoms in total. The average Bonchev–Trinajstić information content (AvgIpc) is 2.47. The zero-order valence-corrected chi connectivity index (χ0v) is 8.92. The molecule has 0 saturated heterocycles. The number of thiophene rings is 1. The summed E-state index contributed by atoms with van der Waals surface area (Å²) >= 11 is 11.6. The maximum atomic E-state index is 10.6. The van der Waals surface area contributed by atoms with Gasteiger partial charge in [0, 0.05) is 20.5 Å². The second kappa shape index (κ2) is 3.33. The van der Waals surface area contributed by atoms with E-state index in [1.165, 1.54) is 11.3 Å². The van der Waals surface area contributed by atoms with Crippen molar-refractivity contribution in [2.75, 3.05) is 0 Å². The van der Waals surface area contributed by atoms with Crippen LogP contribution in [0.4, 0.5) is 0 Å². The number of aldehydes is 1. The van der Waals surface area contributed by atoms with E-state index in [0.717, 1.165) is 16.4 Å².